The molecule has 1 aromatic heterocycles. The second kappa shape index (κ2) is 5.89. The number of benzene rings is 1. The lowest BCUT2D eigenvalue weighted by Crippen LogP contribution is -2.26. The van der Waals surface area contributed by atoms with Crippen LogP contribution in [0, 0.1) is 18.3 Å². The lowest BCUT2D eigenvalue weighted by Gasteiger charge is -2.25. The van der Waals surface area contributed by atoms with Crippen molar-refractivity contribution in [1.82, 2.24) is 0 Å². The van der Waals surface area contributed by atoms with E-state index in [1.54, 1.807) is 13.0 Å². The van der Waals surface area contributed by atoms with Crippen LogP contribution in [0.3, 0.4) is 0 Å². The summed E-state index contributed by atoms with van der Waals surface area (Å²) in [6, 6.07) is 11.5. The van der Waals surface area contributed by atoms with Gasteiger partial charge in [-0.05, 0) is 24.0 Å². The summed E-state index contributed by atoms with van der Waals surface area (Å²) in [6.07, 6.45) is 0. The van der Waals surface area contributed by atoms with Crippen LogP contribution in [-0.2, 0) is 0 Å². The molecule has 2 N–H and O–H groups in total. The van der Waals surface area contributed by atoms with Crippen molar-refractivity contribution in [3.63, 3.8) is 0 Å². The smallest absolute Gasteiger partial charge is 0.343 e. The maximum atomic E-state index is 12.4. The van der Waals surface area contributed by atoms with E-state index in [0.29, 0.717) is 23.0 Å². The Morgan fingerprint density at radius 3 is 2.50 bits per heavy atom. The minimum Gasteiger partial charge on any atom is -0.440 e. The lowest BCUT2D eigenvalue weighted by atomic mass is 9.83. The van der Waals surface area contributed by atoms with Crippen molar-refractivity contribution in [3.05, 3.63) is 74.7 Å². The maximum absolute atomic E-state index is 12.4. The van der Waals surface area contributed by atoms with Crippen molar-refractivity contribution in [3.8, 4) is 11.8 Å². The van der Waals surface area contributed by atoms with E-state index in [9.17, 15) is 10.1 Å². The van der Waals surface area contributed by atoms with Crippen molar-refractivity contribution in [1.29, 1.82) is 5.26 Å². The molecule has 1 atom stereocenters. The Morgan fingerprint density at radius 1 is 1.25 bits per heavy atom. The van der Waals surface area contributed by atoms with Gasteiger partial charge in [0.15, 0.2) is 0 Å². The molecule has 2 aromatic rings. The molecule has 0 saturated carbocycles. The molecule has 5 heteroatoms. The molecule has 0 radical (unpaired) electrons. The van der Waals surface area contributed by atoms with Crippen LogP contribution in [0.1, 0.15) is 48.1 Å². The molecule has 1 aromatic carbocycles. The van der Waals surface area contributed by atoms with E-state index in [0.717, 1.165) is 5.56 Å². The fourth-order valence-electron chi connectivity index (χ4n) is 2.92. The van der Waals surface area contributed by atoms with Gasteiger partial charge in [-0.15, -0.1) is 0 Å². The van der Waals surface area contributed by atoms with Gasteiger partial charge in [0.2, 0.25) is 5.88 Å². The second-order valence-electron chi connectivity index (χ2n) is 6.17. The number of hydrogen-bond donors (Lipinski definition) is 1. The Balaban J connectivity index is 2.22. The normalized spacial score (nSPS) is 16.5. The van der Waals surface area contributed by atoms with E-state index in [-0.39, 0.29) is 11.5 Å². The third-order valence-electron chi connectivity index (χ3n) is 4.19. The van der Waals surface area contributed by atoms with E-state index in [4.69, 9.17) is 14.9 Å². The standard InChI is InChI=1S/C19H18N2O3/c1-10(2)12-4-6-13(7-5-12)16-14(9-20)18(21)24-15-8-11(3)23-19(22)17(15)16/h4-8,10,16H,21H2,1-3H3. The van der Waals surface area contributed by atoms with Crippen molar-refractivity contribution in [2.24, 2.45) is 5.73 Å². The van der Waals surface area contributed by atoms with Crippen LogP contribution < -0.4 is 16.1 Å². The highest BCUT2D eigenvalue weighted by Gasteiger charge is 2.34. The summed E-state index contributed by atoms with van der Waals surface area (Å²) in [6.45, 7) is 5.88. The number of rotatable bonds is 2. The largest absolute Gasteiger partial charge is 0.440 e. The van der Waals surface area contributed by atoms with E-state index < -0.39 is 11.5 Å². The van der Waals surface area contributed by atoms with Crippen LogP contribution in [-0.4, -0.2) is 0 Å². The predicted molar refractivity (Wildman–Crippen MR) is 89.5 cm³/mol. The van der Waals surface area contributed by atoms with E-state index in [1.807, 2.05) is 24.3 Å². The summed E-state index contributed by atoms with van der Waals surface area (Å²) in [5, 5.41) is 9.51. The topological polar surface area (TPSA) is 89.2 Å². The Morgan fingerprint density at radius 2 is 1.92 bits per heavy atom. The molecule has 0 aliphatic carbocycles. The quantitative estimate of drug-likeness (QED) is 0.916. The van der Waals surface area contributed by atoms with Crippen molar-refractivity contribution < 1.29 is 9.15 Å². The van der Waals surface area contributed by atoms with Gasteiger partial charge in [-0.1, -0.05) is 38.1 Å². The highest BCUT2D eigenvalue weighted by molar-refractivity contribution is 5.54. The first-order chi connectivity index (χ1) is 11.4. The number of aryl methyl sites for hydroxylation is 1. The zero-order chi connectivity index (χ0) is 17.4. The van der Waals surface area contributed by atoms with Gasteiger partial charge in [0, 0.05) is 6.07 Å². The summed E-state index contributed by atoms with van der Waals surface area (Å²) in [5.41, 5.74) is 7.91. The highest BCUT2D eigenvalue weighted by Crippen LogP contribution is 2.40. The van der Waals surface area contributed by atoms with Gasteiger partial charge in [0.05, 0.1) is 11.5 Å². The molecule has 5 nitrogen and oxygen atoms in total. The summed E-state index contributed by atoms with van der Waals surface area (Å²) < 4.78 is 10.7. The van der Waals surface area contributed by atoms with Crippen LogP contribution in [0.15, 0.2) is 51.0 Å². The SMILES string of the molecule is Cc1cc2c(c(=O)o1)C(c1ccc(C(C)C)cc1)C(C#N)=C(N)O2. The Labute approximate surface area is 140 Å². The van der Waals surface area contributed by atoms with Crippen LogP contribution in [0.5, 0.6) is 5.75 Å². The second-order valence-corrected chi connectivity index (χ2v) is 6.17. The molecule has 3 rings (SSSR count). The molecule has 2 heterocycles. The fourth-order valence-corrected chi connectivity index (χ4v) is 2.92. The number of nitrogens with zero attached hydrogens (tertiary/aromatic N) is 1. The molecule has 24 heavy (non-hydrogen) atoms. The first kappa shape index (κ1) is 15.9. The number of allylic oxidation sites excluding steroid dienone is 1. The van der Waals surface area contributed by atoms with Crippen LogP contribution in [0.2, 0.25) is 0 Å². The number of ether oxygens (including phenoxy) is 1. The zero-order valence-electron chi connectivity index (χ0n) is 13.8. The van der Waals surface area contributed by atoms with Crippen molar-refractivity contribution >= 4 is 0 Å². The third-order valence-corrected chi connectivity index (χ3v) is 4.19. The van der Waals surface area contributed by atoms with Gasteiger partial charge in [0.25, 0.3) is 0 Å². The Kier molecular flexibility index (Phi) is 3.90. The molecule has 0 saturated heterocycles. The summed E-state index contributed by atoms with van der Waals surface area (Å²) in [4.78, 5) is 12.4. The summed E-state index contributed by atoms with van der Waals surface area (Å²) in [5.74, 6) is 0.605. The van der Waals surface area contributed by atoms with Crippen LogP contribution in [0.4, 0.5) is 0 Å². The van der Waals surface area contributed by atoms with E-state index in [2.05, 4.69) is 19.9 Å². The predicted octanol–water partition coefficient (Wildman–Crippen LogP) is 3.29. The molecule has 0 spiro atoms. The first-order valence-electron chi connectivity index (χ1n) is 7.74. The minimum atomic E-state index is -0.586. The lowest BCUT2D eigenvalue weighted by molar-refractivity contribution is 0.371. The first-order valence-corrected chi connectivity index (χ1v) is 7.74. The number of nitriles is 1. The molecule has 122 valence electrons. The van der Waals surface area contributed by atoms with Gasteiger partial charge in [-0.2, -0.15) is 5.26 Å². The average molecular weight is 322 g/mol. The Hall–Kier alpha value is -3.00. The van der Waals surface area contributed by atoms with Gasteiger partial charge in [0.1, 0.15) is 23.2 Å². The van der Waals surface area contributed by atoms with Gasteiger partial charge in [-0.25, -0.2) is 4.79 Å². The van der Waals surface area contributed by atoms with E-state index >= 15 is 0 Å². The molecular formula is C19H18N2O3. The van der Waals surface area contributed by atoms with Gasteiger partial charge in [-0.3, -0.25) is 0 Å². The van der Waals surface area contributed by atoms with E-state index in [1.165, 1.54) is 5.56 Å². The summed E-state index contributed by atoms with van der Waals surface area (Å²) in [7, 11) is 0. The molecule has 0 fully saturated rings. The minimum absolute atomic E-state index is 0.0212. The molecule has 1 unspecified atom stereocenters. The van der Waals surface area contributed by atoms with Crippen molar-refractivity contribution in [2.45, 2.75) is 32.6 Å². The molecule has 0 amide bonds. The van der Waals surface area contributed by atoms with Crippen molar-refractivity contribution in [2.75, 3.05) is 0 Å². The maximum Gasteiger partial charge on any atom is 0.343 e. The van der Waals surface area contributed by atoms with Crippen LogP contribution in [0.25, 0.3) is 0 Å². The molecule has 1 aliphatic heterocycles. The number of fused-ring (bicyclic) bond motifs is 1. The fraction of sp³-hybridized carbons (Fsp3) is 0.263. The molecular weight excluding hydrogens is 304 g/mol. The summed E-state index contributed by atoms with van der Waals surface area (Å²) >= 11 is 0. The number of hydrogen-bond acceptors (Lipinski definition) is 5. The highest BCUT2D eigenvalue weighted by atomic mass is 16.5. The molecule has 1 aliphatic rings. The van der Waals surface area contributed by atoms with Gasteiger partial charge >= 0.3 is 5.63 Å². The van der Waals surface area contributed by atoms with Crippen LogP contribution >= 0.6 is 0 Å². The average Bonchev–Trinajstić information content (AvgIpc) is 2.53. The Bertz CT molecular complexity index is 915. The third kappa shape index (κ3) is 2.56. The zero-order valence-corrected chi connectivity index (χ0v) is 13.8. The van der Waals surface area contributed by atoms with Gasteiger partial charge < -0.3 is 14.9 Å². The molecule has 0 bridgehead atoms. The number of nitrogens with two attached hydrogens (primary N) is 1. The monoisotopic (exact) mass is 322 g/mol.